The Kier molecular flexibility index (Phi) is 6.06. The van der Waals surface area contributed by atoms with Crippen LogP contribution in [0.3, 0.4) is 0 Å². The van der Waals surface area contributed by atoms with Crippen LogP contribution < -0.4 is 5.32 Å². The highest BCUT2D eigenvalue weighted by Crippen LogP contribution is 2.41. The number of rotatable bonds is 6. The van der Waals surface area contributed by atoms with Crippen molar-refractivity contribution in [2.45, 2.75) is 62.0 Å². The number of halogens is 3. The van der Waals surface area contributed by atoms with Crippen LogP contribution in [-0.2, 0) is 26.7 Å². The molecule has 1 saturated heterocycles. The fourth-order valence-corrected chi connectivity index (χ4v) is 7.09. The standard InChI is InChI=1S/C25H29F3N4O3S/c1-24(2)19-6-4-3-5-16(19)13-21(24)30-17-7-10-20(29-14-17)23(25(26,27)28)32-12-11-31(15-22(32)33)36(34,35)18-8-9-18/h3-7,10,14,18,21,23,30H,8-9,11-13,15H2,1-2H3. The van der Waals surface area contributed by atoms with E-state index in [9.17, 15) is 26.4 Å². The molecule has 2 heterocycles. The van der Waals surface area contributed by atoms with Gasteiger partial charge in [0.1, 0.15) is 0 Å². The third-order valence-corrected chi connectivity index (χ3v) is 9.91. The van der Waals surface area contributed by atoms with Crippen LogP contribution in [0.4, 0.5) is 18.9 Å². The highest BCUT2D eigenvalue weighted by Gasteiger charge is 2.50. The number of pyridine rings is 1. The fourth-order valence-electron chi connectivity index (χ4n) is 5.31. The van der Waals surface area contributed by atoms with E-state index in [0.29, 0.717) is 23.4 Å². The van der Waals surface area contributed by atoms with Gasteiger partial charge in [0, 0.05) is 24.5 Å². The van der Waals surface area contributed by atoms with Crippen LogP contribution in [0.25, 0.3) is 0 Å². The number of carbonyl (C=O) groups is 1. The van der Waals surface area contributed by atoms with E-state index in [1.807, 2.05) is 12.1 Å². The number of sulfonamides is 1. The Labute approximate surface area is 208 Å². The van der Waals surface area contributed by atoms with Gasteiger partial charge in [0.05, 0.1) is 29.4 Å². The monoisotopic (exact) mass is 522 g/mol. The first kappa shape index (κ1) is 25.0. The topological polar surface area (TPSA) is 82.6 Å². The van der Waals surface area contributed by atoms with Crippen molar-refractivity contribution in [1.82, 2.24) is 14.2 Å². The molecule has 3 aliphatic rings. The minimum Gasteiger partial charge on any atom is -0.380 e. The van der Waals surface area contributed by atoms with E-state index in [1.165, 1.54) is 23.4 Å². The Balaban J connectivity index is 1.32. The molecule has 0 spiro atoms. The summed E-state index contributed by atoms with van der Waals surface area (Å²) in [5.74, 6) is -0.873. The molecule has 0 bridgehead atoms. The summed E-state index contributed by atoms with van der Waals surface area (Å²) < 4.78 is 68.3. The third kappa shape index (κ3) is 4.47. The average molecular weight is 523 g/mol. The highest BCUT2D eigenvalue weighted by atomic mass is 32.2. The van der Waals surface area contributed by atoms with Gasteiger partial charge in [0.25, 0.3) is 0 Å². The Hall–Kier alpha value is -2.66. The first-order chi connectivity index (χ1) is 16.9. The minimum absolute atomic E-state index is 0.0454. The summed E-state index contributed by atoms with van der Waals surface area (Å²) in [5.41, 5.74) is 2.61. The predicted octanol–water partition coefficient (Wildman–Crippen LogP) is 3.64. The van der Waals surface area contributed by atoms with Gasteiger partial charge in [-0.25, -0.2) is 8.42 Å². The summed E-state index contributed by atoms with van der Waals surface area (Å²) in [5, 5.41) is 2.89. The second-order valence-corrected chi connectivity index (χ2v) is 12.6. The van der Waals surface area contributed by atoms with Crippen LogP contribution in [0, 0.1) is 0 Å². The van der Waals surface area contributed by atoms with Crippen LogP contribution in [0.15, 0.2) is 42.6 Å². The molecule has 1 aliphatic heterocycles. The van der Waals surface area contributed by atoms with Crippen molar-refractivity contribution >= 4 is 21.6 Å². The first-order valence-electron chi connectivity index (χ1n) is 12.0. The molecule has 2 atom stereocenters. The lowest BCUT2D eigenvalue weighted by Crippen LogP contribution is -2.56. The van der Waals surface area contributed by atoms with Gasteiger partial charge in [-0.1, -0.05) is 38.1 Å². The predicted molar refractivity (Wildman–Crippen MR) is 129 cm³/mol. The maximum Gasteiger partial charge on any atom is 0.414 e. The molecule has 1 N–H and O–H groups in total. The molecule has 36 heavy (non-hydrogen) atoms. The smallest absolute Gasteiger partial charge is 0.380 e. The maximum atomic E-state index is 14.1. The van der Waals surface area contributed by atoms with Gasteiger partial charge in [0.2, 0.25) is 15.9 Å². The normalized spacial score (nSPS) is 23.4. The van der Waals surface area contributed by atoms with E-state index in [2.05, 4.69) is 36.3 Å². The lowest BCUT2D eigenvalue weighted by Gasteiger charge is -2.39. The number of amides is 1. The van der Waals surface area contributed by atoms with Gasteiger partial charge >= 0.3 is 6.18 Å². The zero-order valence-corrected chi connectivity index (χ0v) is 20.9. The van der Waals surface area contributed by atoms with Crippen molar-refractivity contribution in [2.24, 2.45) is 0 Å². The largest absolute Gasteiger partial charge is 0.414 e. The van der Waals surface area contributed by atoms with Gasteiger partial charge in [-0.15, -0.1) is 0 Å². The van der Waals surface area contributed by atoms with Gasteiger partial charge in [-0.05, 0) is 42.5 Å². The minimum atomic E-state index is -4.76. The number of nitrogens with one attached hydrogen (secondary N) is 1. The molecule has 1 aromatic heterocycles. The SMILES string of the molecule is CC1(C)c2ccccc2CC1Nc1ccc(C(N2CCN(S(=O)(=O)C3CC3)CC2=O)C(F)(F)F)nc1. The number of hydrogen-bond acceptors (Lipinski definition) is 5. The van der Waals surface area contributed by atoms with Crippen LogP contribution >= 0.6 is 0 Å². The van der Waals surface area contributed by atoms with Gasteiger partial charge in [-0.3, -0.25) is 9.78 Å². The van der Waals surface area contributed by atoms with Crippen molar-refractivity contribution in [3.63, 3.8) is 0 Å². The molecular formula is C25H29F3N4O3S. The van der Waals surface area contributed by atoms with Gasteiger partial charge < -0.3 is 10.2 Å². The summed E-state index contributed by atoms with van der Waals surface area (Å²) >= 11 is 0. The van der Waals surface area contributed by atoms with E-state index < -0.39 is 39.9 Å². The molecule has 1 saturated carbocycles. The molecular weight excluding hydrogens is 493 g/mol. The molecule has 2 fully saturated rings. The quantitative estimate of drug-likeness (QED) is 0.627. The second kappa shape index (κ2) is 8.72. The molecule has 0 radical (unpaired) electrons. The molecule has 7 nitrogen and oxygen atoms in total. The van der Waals surface area contributed by atoms with Crippen LogP contribution in [0.1, 0.15) is 49.6 Å². The van der Waals surface area contributed by atoms with Crippen molar-refractivity contribution in [3.8, 4) is 0 Å². The summed E-state index contributed by atoms with van der Waals surface area (Å²) in [6.45, 7) is 3.18. The van der Waals surface area contributed by atoms with E-state index in [0.717, 1.165) is 10.7 Å². The molecule has 1 aromatic carbocycles. The van der Waals surface area contributed by atoms with E-state index in [-0.39, 0.29) is 30.2 Å². The number of benzene rings is 1. The number of fused-ring (bicyclic) bond motifs is 1. The molecule has 2 unspecified atom stereocenters. The van der Waals surface area contributed by atoms with Gasteiger partial charge in [-0.2, -0.15) is 17.5 Å². The number of carbonyl (C=O) groups excluding carboxylic acids is 1. The number of anilines is 1. The van der Waals surface area contributed by atoms with Crippen molar-refractivity contribution in [1.29, 1.82) is 0 Å². The summed E-state index contributed by atoms with van der Waals surface area (Å²) in [7, 11) is -3.64. The lowest BCUT2D eigenvalue weighted by atomic mass is 9.83. The van der Waals surface area contributed by atoms with Crippen molar-refractivity contribution in [2.75, 3.05) is 25.0 Å². The van der Waals surface area contributed by atoms with Crippen LogP contribution in [0.5, 0.6) is 0 Å². The Morgan fingerprint density at radius 1 is 1.11 bits per heavy atom. The van der Waals surface area contributed by atoms with E-state index >= 15 is 0 Å². The molecule has 1 amide bonds. The molecule has 2 aromatic rings. The van der Waals surface area contributed by atoms with Gasteiger partial charge in [0.15, 0.2) is 6.04 Å². The molecule has 11 heteroatoms. The summed E-state index contributed by atoms with van der Waals surface area (Å²) in [6, 6.07) is 8.82. The Bertz CT molecular complexity index is 1260. The number of nitrogens with zero attached hydrogens (tertiary/aromatic N) is 3. The Morgan fingerprint density at radius 3 is 2.42 bits per heavy atom. The zero-order valence-electron chi connectivity index (χ0n) is 20.1. The molecule has 5 rings (SSSR count). The van der Waals surface area contributed by atoms with E-state index in [4.69, 9.17) is 0 Å². The van der Waals surface area contributed by atoms with E-state index in [1.54, 1.807) is 6.07 Å². The number of hydrogen-bond donors (Lipinski definition) is 1. The number of piperazine rings is 1. The van der Waals surface area contributed by atoms with Crippen LogP contribution in [0.2, 0.25) is 0 Å². The summed E-state index contributed by atoms with van der Waals surface area (Å²) in [6.07, 6.45) is -1.55. The Morgan fingerprint density at radius 2 is 1.83 bits per heavy atom. The summed E-state index contributed by atoms with van der Waals surface area (Å²) in [4.78, 5) is 17.5. The lowest BCUT2D eigenvalue weighted by molar-refractivity contribution is -0.195. The molecule has 2 aliphatic carbocycles. The average Bonchev–Trinajstić information content (AvgIpc) is 3.63. The second-order valence-electron chi connectivity index (χ2n) is 10.4. The zero-order chi connectivity index (χ0) is 25.9. The maximum absolute atomic E-state index is 14.1. The number of alkyl halides is 3. The molecule has 194 valence electrons. The van der Waals surface area contributed by atoms with Crippen LogP contribution in [-0.4, -0.2) is 65.6 Å². The van der Waals surface area contributed by atoms with Crippen molar-refractivity contribution in [3.05, 3.63) is 59.4 Å². The number of aromatic nitrogens is 1. The fraction of sp³-hybridized carbons (Fsp3) is 0.520. The van der Waals surface area contributed by atoms with Crippen molar-refractivity contribution < 1.29 is 26.4 Å². The highest BCUT2D eigenvalue weighted by molar-refractivity contribution is 7.90. The first-order valence-corrected chi connectivity index (χ1v) is 13.6. The third-order valence-electron chi connectivity index (χ3n) is 7.56.